The number of para-hydroxylation sites is 1. The quantitative estimate of drug-likeness (QED) is 0.520. The molecule has 0 saturated heterocycles. The van der Waals surface area contributed by atoms with Crippen molar-refractivity contribution in [1.82, 2.24) is 9.55 Å². The Morgan fingerprint density at radius 3 is 2.57 bits per heavy atom. The predicted octanol–water partition coefficient (Wildman–Crippen LogP) is 1.17. The molecule has 0 saturated carbocycles. The summed E-state index contributed by atoms with van der Waals surface area (Å²) in [7, 11) is 1.67. The molecule has 0 aliphatic rings. The van der Waals surface area contributed by atoms with E-state index in [0.29, 0.717) is 18.7 Å². The molecule has 10 heteroatoms. The molecular weight excluding hydrogens is 390 g/mol. The normalized spacial score (nSPS) is 10.5. The highest BCUT2D eigenvalue weighted by Gasteiger charge is 2.24. The smallest absolute Gasteiger partial charge is 0.340 e. The van der Waals surface area contributed by atoms with Gasteiger partial charge in [0.1, 0.15) is 5.82 Å². The summed E-state index contributed by atoms with van der Waals surface area (Å²) in [6.45, 7) is 3.43. The molecule has 0 atom stereocenters. The number of rotatable bonds is 9. The van der Waals surface area contributed by atoms with E-state index in [0.717, 1.165) is 11.3 Å². The number of H-pyrrole nitrogens is 1. The summed E-state index contributed by atoms with van der Waals surface area (Å²) in [5.74, 6) is -1.41. The van der Waals surface area contributed by atoms with E-state index in [9.17, 15) is 19.2 Å². The van der Waals surface area contributed by atoms with Crippen LogP contribution in [0.15, 0.2) is 33.9 Å². The lowest BCUT2D eigenvalue weighted by atomic mass is 10.2. The van der Waals surface area contributed by atoms with Crippen molar-refractivity contribution in [2.45, 2.75) is 33.2 Å². The molecule has 1 heterocycles. The Hall–Kier alpha value is -3.56. The Balaban J connectivity index is 2.25. The minimum absolute atomic E-state index is 0.0979. The van der Waals surface area contributed by atoms with Crippen LogP contribution in [0.3, 0.4) is 0 Å². The van der Waals surface area contributed by atoms with Crippen molar-refractivity contribution in [2.75, 3.05) is 36.1 Å². The zero-order valence-corrected chi connectivity index (χ0v) is 17.4. The standard InChI is InChI=1S/C20H27N5O5/c1-4-6-11-25-17(21)16(18(27)23-20(25)29)24(5-2)15(26)12-30-19(28)13-9-7-8-10-14(13)22-3/h7-10,22H,4-6,11-12,21H2,1-3H3,(H,23,27,29). The first-order chi connectivity index (χ1) is 14.3. The number of esters is 1. The summed E-state index contributed by atoms with van der Waals surface area (Å²) in [5, 5.41) is 2.88. The van der Waals surface area contributed by atoms with Crippen LogP contribution in [0.25, 0.3) is 0 Å². The Bertz CT molecular complexity index is 1030. The lowest BCUT2D eigenvalue weighted by Crippen LogP contribution is -2.42. The molecule has 0 bridgehead atoms. The van der Waals surface area contributed by atoms with E-state index in [1.54, 1.807) is 38.2 Å². The molecule has 1 aromatic carbocycles. The zero-order valence-electron chi connectivity index (χ0n) is 17.4. The summed E-state index contributed by atoms with van der Waals surface area (Å²) in [6.07, 6.45) is 1.50. The number of nitrogen functional groups attached to an aromatic ring is 1. The molecule has 1 aromatic heterocycles. The second kappa shape index (κ2) is 10.3. The van der Waals surface area contributed by atoms with Crippen LogP contribution in [0.2, 0.25) is 0 Å². The number of nitrogens with two attached hydrogens (primary N) is 1. The first kappa shape index (κ1) is 22.7. The van der Waals surface area contributed by atoms with E-state index in [2.05, 4.69) is 10.3 Å². The van der Waals surface area contributed by atoms with Crippen molar-refractivity contribution in [2.24, 2.45) is 0 Å². The number of carbonyl (C=O) groups excluding carboxylic acids is 2. The molecular formula is C20H27N5O5. The number of aromatic nitrogens is 2. The first-order valence-corrected chi connectivity index (χ1v) is 9.72. The molecule has 0 radical (unpaired) electrons. The largest absolute Gasteiger partial charge is 0.452 e. The highest BCUT2D eigenvalue weighted by atomic mass is 16.5. The van der Waals surface area contributed by atoms with E-state index in [1.807, 2.05) is 6.92 Å². The van der Waals surface area contributed by atoms with Gasteiger partial charge in [-0.05, 0) is 25.5 Å². The number of hydrogen-bond acceptors (Lipinski definition) is 7. The Labute approximate surface area is 173 Å². The Morgan fingerprint density at radius 1 is 1.23 bits per heavy atom. The van der Waals surface area contributed by atoms with E-state index < -0.39 is 29.7 Å². The zero-order chi connectivity index (χ0) is 22.3. The van der Waals surface area contributed by atoms with Gasteiger partial charge in [0.2, 0.25) is 0 Å². The topological polar surface area (TPSA) is 140 Å². The van der Waals surface area contributed by atoms with Gasteiger partial charge in [0.25, 0.3) is 11.5 Å². The average molecular weight is 417 g/mol. The van der Waals surface area contributed by atoms with Crippen molar-refractivity contribution in [3.8, 4) is 0 Å². The number of unbranched alkanes of at least 4 members (excludes halogenated alkanes) is 1. The van der Waals surface area contributed by atoms with Crippen molar-refractivity contribution in [1.29, 1.82) is 0 Å². The molecule has 30 heavy (non-hydrogen) atoms. The number of amides is 1. The van der Waals surface area contributed by atoms with Gasteiger partial charge in [0.15, 0.2) is 12.3 Å². The van der Waals surface area contributed by atoms with Crippen LogP contribution in [0, 0.1) is 0 Å². The Kier molecular flexibility index (Phi) is 7.79. The van der Waals surface area contributed by atoms with E-state index in [4.69, 9.17) is 10.5 Å². The highest BCUT2D eigenvalue weighted by molar-refractivity contribution is 6.00. The van der Waals surface area contributed by atoms with Gasteiger partial charge in [0.05, 0.1) is 5.56 Å². The van der Waals surface area contributed by atoms with Crippen LogP contribution in [0.5, 0.6) is 0 Å². The van der Waals surface area contributed by atoms with Crippen LogP contribution in [-0.2, 0) is 16.1 Å². The van der Waals surface area contributed by atoms with E-state index in [-0.39, 0.29) is 23.6 Å². The fourth-order valence-electron chi connectivity index (χ4n) is 3.00. The third-order valence-corrected chi connectivity index (χ3v) is 4.58. The maximum absolute atomic E-state index is 12.7. The molecule has 0 unspecified atom stereocenters. The number of nitrogens with one attached hydrogen (secondary N) is 2. The van der Waals surface area contributed by atoms with Crippen LogP contribution in [0.1, 0.15) is 37.0 Å². The lowest BCUT2D eigenvalue weighted by Gasteiger charge is -2.23. The minimum atomic E-state index is -0.771. The van der Waals surface area contributed by atoms with Gasteiger partial charge in [-0.1, -0.05) is 25.5 Å². The molecule has 4 N–H and O–H groups in total. The SMILES string of the molecule is CCCCn1c(N)c(N(CC)C(=O)COC(=O)c2ccccc2NC)c(=O)[nH]c1=O. The third kappa shape index (κ3) is 4.88. The maximum atomic E-state index is 12.7. The number of likely N-dealkylation sites (N-methyl/N-ethyl adjacent to an activating group) is 1. The molecule has 10 nitrogen and oxygen atoms in total. The number of carbonyl (C=O) groups is 2. The predicted molar refractivity (Wildman–Crippen MR) is 115 cm³/mol. The number of anilines is 3. The van der Waals surface area contributed by atoms with Crippen molar-refractivity contribution >= 4 is 29.1 Å². The van der Waals surface area contributed by atoms with Crippen LogP contribution < -0.4 is 27.2 Å². The van der Waals surface area contributed by atoms with Gasteiger partial charge in [-0.15, -0.1) is 0 Å². The van der Waals surface area contributed by atoms with E-state index in [1.165, 1.54) is 4.57 Å². The molecule has 0 aliphatic heterocycles. The monoisotopic (exact) mass is 417 g/mol. The Morgan fingerprint density at radius 2 is 1.93 bits per heavy atom. The van der Waals surface area contributed by atoms with Gasteiger partial charge in [-0.25, -0.2) is 9.59 Å². The molecule has 0 aliphatic carbocycles. The van der Waals surface area contributed by atoms with Crippen molar-refractivity contribution in [3.63, 3.8) is 0 Å². The van der Waals surface area contributed by atoms with Gasteiger partial charge in [-0.2, -0.15) is 0 Å². The van der Waals surface area contributed by atoms with Gasteiger partial charge < -0.3 is 20.7 Å². The summed E-state index contributed by atoms with van der Waals surface area (Å²) < 4.78 is 6.37. The lowest BCUT2D eigenvalue weighted by molar-refractivity contribution is -0.121. The number of ether oxygens (including phenoxy) is 1. The molecule has 0 fully saturated rings. The van der Waals surface area contributed by atoms with Gasteiger partial charge in [0, 0.05) is 25.8 Å². The maximum Gasteiger partial charge on any atom is 0.340 e. The fourth-order valence-corrected chi connectivity index (χ4v) is 3.00. The molecule has 1 amide bonds. The van der Waals surface area contributed by atoms with Crippen LogP contribution >= 0.6 is 0 Å². The molecule has 0 spiro atoms. The van der Waals surface area contributed by atoms with Crippen LogP contribution in [0.4, 0.5) is 17.2 Å². The number of hydrogen-bond donors (Lipinski definition) is 3. The number of aromatic amines is 1. The number of benzene rings is 1. The molecule has 2 rings (SSSR count). The van der Waals surface area contributed by atoms with Crippen molar-refractivity contribution in [3.05, 3.63) is 50.7 Å². The summed E-state index contributed by atoms with van der Waals surface area (Å²) in [5.41, 5.74) is 5.36. The molecule has 2 aromatic rings. The molecule has 162 valence electrons. The van der Waals surface area contributed by atoms with Crippen molar-refractivity contribution < 1.29 is 14.3 Å². The average Bonchev–Trinajstić information content (AvgIpc) is 2.74. The van der Waals surface area contributed by atoms with Gasteiger partial charge >= 0.3 is 11.7 Å². The van der Waals surface area contributed by atoms with Gasteiger partial charge in [-0.3, -0.25) is 19.1 Å². The van der Waals surface area contributed by atoms with Crippen LogP contribution in [-0.4, -0.2) is 41.6 Å². The minimum Gasteiger partial charge on any atom is -0.452 e. The summed E-state index contributed by atoms with van der Waals surface area (Å²) in [6, 6.07) is 6.71. The second-order valence-electron chi connectivity index (χ2n) is 6.51. The van der Waals surface area contributed by atoms with E-state index >= 15 is 0 Å². The fraction of sp³-hybridized carbons (Fsp3) is 0.400. The third-order valence-electron chi connectivity index (χ3n) is 4.58. The first-order valence-electron chi connectivity index (χ1n) is 9.72. The second-order valence-corrected chi connectivity index (χ2v) is 6.51. The summed E-state index contributed by atoms with van der Waals surface area (Å²) in [4.78, 5) is 52.8. The summed E-state index contributed by atoms with van der Waals surface area (Å²) >= 11 is 0. The number of nitrogens with zero attached hydrogens (tertiary/aromatic N) is 2. The highest BCUT2D eigenvalue weighted by Crippen LogP contribution is 2.18.